The Hall–Kier alpha value is 0.230. The van der Waals surface area contributed by atoms with E-state index in [4.69, 9.17) is 10.6 Å². The van der Waals surface area contributed by atoms with Gasteiger partial charge in [0.05, 0.1) is 5.94 Å². The van der Waals surface area contributed by atoms with Crippen LogP contribution in [0.15, 0.2) is 0 Å². The van der Waals surface area contributed by atoms with Gasteiger partial charge in [0.15, 0.2) is 0 Å². The van der Waals surface area contributed by atoms with E-state index in [-0.39, 0.29) is 0 Å². The maximum Gasteiger partial charge on any atom is 0.0918 e. The molecule has 3 nitrogen and oxygen atoms in total. The van der Waals surface area contributed by atoms with Gasteiger partial charge in [-0.3, -0.25) is 11.3 Å². The molecule has 0 amide bonds. The van der Waals surface area contributed by atoms with Crippen LogP contribution in [0.3, 0.4) is 0 Å². The van der Waals surface area contributed by atoms with Crippen molar-refractivity contribution < 1.29 is 4.74 Å². The maximum atomic E-state index is 5.15. The van der Waals surface area contributed by atoms with E-state index in [2.05, 4.69) is 5.43 Å². The minimum atomic E-state index is 0.782. The summed E-state index contributed by atoms with van der Waals surface area (Å²) in [6, 6.07) is 0. The van der Waals surface area contributed by atoms with E-state index in [0.29, 0.717) is 0 Å². The highest BCUT2D eigenvalue weighted by molar-refractivity contribution is 7.98. The number of nitrogens with one attached hydrogen (secondary N) is 1. The van der Waals surface area contributed by atoms with Gasteiger partial charge in [-0.05, 0) is 12.7 Å². The van der Waals surface area contributed by atoms with Crippen LogP contribution in [0.25, 0.3) is 0 Å². The Balaban J connectivity index is 2.60. The zero-order valence-electron chi connectivity index (χ0n) is 5.72. The molecule has 0 bridgehead atoms. The fourth-order valence-electron chi connectivity index (χ4n) is 0.419. The van der Waals surface area contributed by atoms with Crippen LogP contribution in [-0.2, 0) is 4.74 Å². The zero-order valence-corrected chi connectivity index (χ0v) is 6.54. The highest BCUT2D eigenvalue weighted by Crippen LogP contribution is 1.91. The zero-order chi connectivity index (χ0) is 6.95. The number of hydrogen-bond acceptors (Lipinski definition) is 4. The first-order valence-corrected chi connectivity index (χ1v) is 4.31. The molecule has 0 radical (unpaired) electrons. The lowest BCUT2D eigenvalue weighted by Gasteiger charge is -1.99. The van der Waals surface area contributed by atoms with Crippen molar-refractivity contribution in [3.05, 3.63) is 0 Å². The third-order valence-electron chi connectivity index (χ3n) is 0.811. The normalized spacial score (nSPS) is 10.0. The molecule has 0 aliphatic rings. The van der Waals surface area contributed by atoms with Gasteiger partial charge in [-0.25, -0.2) is 0 Å². The van der Waals surface area contributed by atoms with Crippen LogP contribution in [0.1, 0.15) is 6.42 Å². The monoisotopic (exact) mass is 150 g/mol. The average Bonchev–Trinajstić information content (AvgIpc) is 1.89. The molecule has 0 saturated carbocycles. The topological polar surface area (TPSA) is 47.3 Å². The maximum absolute atomic E-state index is 5.15. The Bertz CT molecular complexity index is 48.2. The molecule has 4 heteroatoms. The lowest BCUT2D eigenvalue weighted by molar-refractivity contribution is 0.179. The van der Waals surface area contributed by atoms with Crippen molar-refractivity contribution in [2.75, 3.05) is 25.3 Å². The predicted molar refractivity (Wildman–Crippen MR) is 41.1 cm³/mol. The smallest absolute Gasteiger partial charge is 0.0918 e. The van der Waals surface area contributed by atoms with Gasteiger partial charge >= 0.3 is 0 Å². The number of ether oxygens (including phenoxy) is 1. The summed E-state index contributed by atoms with van der Waals surface area (Å²) in [6.07, 6.45) is 3.00. The second-order valence-electron chi connectivity index (χ2n) is 1.62. The first-order chi connectivity index (χ1) is 4.41. The summed E-state index contributed by atoms with van der Waals surface area (Å²) in [6.45, 7) is 1.62. The molecular formula is C5H14N2OS. The SMILES string of the molecule is CSCOCCCNN. The van der Waals surface area contributed by atoms with Gasteiger partial charge in [0, 0.05) is 13.2 Å². The Labute approximate surface area is 60.3 Å². The van der Waals surface area contributed by atoms with Gasteiger partial charge in [0.2, 0.25) is 0 Å². The van der Waals surface area contributed by atoms with Crippen LogP contribution in [0.5, 0.6) is 0 Å². The molecule has 0 rings (SSSR count). The summed E-state index contributed by atoms with van der Waals surface area (Å²) in [5.74, 6) is 5.81. The summed E-state index contributed by atoms with van der Waals surface area (Å²) in [5, 5.41) is 0. The van der Waals surface area contributed by atoms with Crippen molar-refractivity contribution in [1.82, 2.24) is 5.43 Å². The van der Waals surface area contributed by atoms with Crippen molar-refractivity contribution in [2.45, 2.75) is 6.42 Å². The Morgan fingerprint density at radius 1 is 1.67 bits per heavy atom. The minimum absolute atomic E-state index is 0.782. The van der Waals surface area contributed by atoms with Crippen LogP contribution < -0.4 is 11.3 Å². The van der Waals surface area contributed by atoms with E-state index in [1.807, 2.05) is 6.26 Å². The van der Waals surface area contributed by atoms with Gasteiger partial charge in [-0.15, -0.1) is 11.8 Å². The van der Waals surface area contributed by atoms with Crippen molar-refractivity contribution in [2.24, 2.45) is 5.84 Å². The summed E-state index contributed by atoms with van der Waals surface area (Å²) in [4.78, 5) is 0. The molecule has 56 valence electrons. The predicted octanol–water partition coefficient (Wildman–Crippen LogP) is 0.177. The van der Waals surface area contributed by atoms with Crippen molar-refractivity contribution >= 4 is 11.8 Å². The van der Waals surface area contributed by atoms with Crippen molar-refractivity contribution in [3.8, 4) is 0 Å². The molecule has 0 saturated heterocycles. The molecule has 0 spiro atoms. The minimum Gasteiger partial charge on any atom is -0.371 e. The number of rotatable bonds is 6. The molecule has 0 aromatic rings. The molecule has 0 aromatic carbocycles. The van der Waals surface area contributed by atoms with Gasteiger partial charge < -0.3 is 4.74 Å². The van der Waals surface area contributed by atoms with E-state index in [1.54, 1.807) is 11.8 Å². The largest absolute Gasteiger partial charge is 0.371 e. The molecule has 0 aromatic heterocycles. The van der Waals surface area contributed by atoms with E-state index in [1.165, 1.54) is 0 Å². The summed E-state index contributed by atoms with van der Waals surface area (Å²) in [7, 11) is 0. The first kappa shape index (κ1) is 9.23. The van der Waals surface area contributed by atoms with E-state index in [9.17, 15) is 0 Å². The van der Waals surface area contributed by atoms with Crippen LogP contribution in [-0.4, -0.2) is 25.3 Å². The number of nitrogens with two attached hydrogens (primary N) is 1. The Morgan fingerprint density at radius 2 is 2.44 bits per heavy atom. The van der Waals surface area contributed by atoms with Crippen molar-refractivity contribution in [1.29, 1.82) is 0 Å². The molecule has 0 unspecified atom stereocenters. The lowest BCUT2D eigenvalue weighted by atomic mass is 10.5. The standard InChI is InChI=1S/C5H14N2OS/c1-9-5-8-4-2-3-7-6/h7H,2-6H2,1H3. The molecule has 0 atom stereocenters. The quantitative estimate of drug-likeness (QED) is 0.245. The van der Waals surface area contributed by atoms with Gasteiger partial charge in [-0.2, -0.15) is 0 Å². The third kappa shape index (κ3) is 8.23. The van der Waals surface area contributed by atoms with Gasteiger partial charge in [0.1, 0.15) is 0 Å². The third-order valence-corrected chi connectivity index (χ3v) is 1.21. The van der Waals surface area contributed by atoms with Gasteiger partial charge in [-0.1, -0.05) is 0 Å². The lowest BCUT2D eigenvalue weighted by Crippen LogP contribution is -2.23. The molecule has 0 aliphatic carbocycles. The van der Waals surface area contributed by atoms with Crippen LogP contribution in [0, 0.1) is 0 Å². The fourth-order valence-corrected chi connectivity index (χ4v) is 0.703. The molecule has 9 heavy (non-hydrogen) atoms. The van der Waals surface area contributed by atoms with Crippen LogP contribution >= 0.6 is 11.8 Å². The van der Waals surface area contributed by atoms with E-state index in [0.717, 1.165) is 25.5 Å². The number of thioether (sulfide) groups is 1. The Morgan fingerprint density at radius 3 is 3.00 bits per heavy atom. The van der Waals surface area contributed by atoms with E-state index >= 15 is 0 Å². The van der Waals surface area contributed by atoms with Gasteiger partial charge in [0.25, 0.3) is 0 Å². The van der Waals surface area contributed by atoms with Crippen LogP contribution in [0.2, 0.25) is 0 Å². The second kappa shape index (κ2) is 8.23. The van der Waals surface area contributed by atoms with E-state index < -0.39 is 0 Å². The molecule has 0 aliphatic heterocycles. The highest BCUT2D eigenvalue weighted by atomic mass is 32.2. The summed E-state index contributed by atoms with van der Waals surface area (Å²) >= 11 is 1.69. The summed E-state index contributed by atoms with van der Waals surface area (Å²) in [5.41, 5.74) is 2.56. The number of hydrazine groups is 1. The molecule has 0 fully saturated rings. The Kier molecular flexibility index (Phi) is 8.44. The van der Waals surface area contributed by atoms with Crippen molar-refractivity contribution in [3.63, 3.8) is 0 Å². The molecule has 0 heterocycles. The second-order valence-corrected chi connectivity index (χ2v) is 2.44. The first-order valence-electron chi connectivity index (χ1n) is 2.92. The molecule has 3 N–H and O–H groups in total. The average molecular weight is 150 g/mol. The highest BCUT2D eigenvalue weighted by Gasteiger charge is 1.84. The molecular weight excluding hydrogens is 136 g/mol. The fraction of sp³-hybridized carbons (Fsp3) is 1.00. The van der Waals surface area contributed by atoms with Crippen LogP contribution in [0.4, 0.5) is 0 Å². The number of hydrogen-bond donors (Lipinski definition) is 2. The summed E-state index contributed by atoms with van der Waals surface area (Å²) < 4.78 is 5.15.